The molecule has 21 heavy (non-hydrogen) atoms. The Balaban J connectivity index is 1.49. The van der Waals surface area contributed by atoms with Crippen LogP contribution in [0.5, 0.6) is 0 Å². The molecule has 3 rings (SSSR count). The number of aromatic nitrogens is 2. The van der Waals surface area contributed by atoms with Gasteiger partial charge in [-0.2, -0.15) is 5.10 Å². The molecule has 0 unspecified atom stereocenters. The van der Waals surface area contributed by atoms with E-state index in [1.807, 2.05) is 21.8 Å². The molecular formula is C15H22N4O2. The summed E-state index contributed by atoms with van der Waals surface area (Å²) in [6.45, 7) is 2.85. The number of amides is 2. The fraction of sp³-hybridized carbons (Fsp3) is 0.667. The fourth-order valence-electron chi connectivity index (χ4n) is 3.39. The average molecular weight is 290 g/mol. The van der Waals surface area contributed by atoms with Crippen LogP contribution in [0, 0.1) is 5.41 Å². The molecule has 3 heterocycles. The molecule has 1 aromatic heterocycles. The van der Waals surface area contributed by atoms with E-state index in [1.54, 1.807) is 6.20 Å². The number of piperidine rings is 1. The smallest absolute Gasteiger partial charge is 0.228 e. The summed E-state index contributed by atoms with van der Waals surface area (Å²) in [5.74, 6) is 0.304. The van der Waals surface area contributed by atoms with E-state index >= 15 is 0 Å². The molecule has 1 N–H and O–H groups in total. The van der Waals surface area contributed by atoms with Crippen LogP contribution in [0.4, 0.5) is 0 Å². The van der Waals surface area contributed by atoms with E-state index in [0.29, 0.717) is 19.5 Å². The Labute approximate surface area is 124 Å². The fourth-order valence-corrected chi connectivity index (χ4v) is 3.39. The summed E-state index contributed by atoms with van der Waals surface area (Å²) in [5.41, 5.74) is -0.310. The Morgan fingerprint density at radius 2 is 2.33 bits per heavy atom. The van der Waals surface area contributed by atoms with E-state index in [-0.39, 0.29) is 17.2 Å². The van der Waals surface area contributed by atoms with Crippen LogP contribution >= 0.6 is 0 Å². The number of hydrogen-bond donors (Lipinski definition) is 1. The van der Waals surface area contributed by atoms with Crippen LogP contribution < -0.4 is 5.32 Å². The van der Waals surface area contributed by atoms with Crippen molar-refractivity contribution in [2.45, 2.75) is 38.6 Å². The Morgan fingerprint density at radius 3 is 3.10 bits per heavy atom. The van der Waals surface area contributed by atoms with Crippen LogP contribution in [0.15, 0.2) is 18.5 Å². The van der Waals surface area contributed by atoms with Gasteiger partial charge in [0.05, 0.1) is 5.41 Å². The normalized spacial score (nSPS) is 25.3. The molecular weight excluding hydrogens is 268 g/mol. The average Bonchev–Trinajstić information content (AvgIpc) is 3.13. The molecule has 2 fully saturated rings. The van der Waals surface area contributed by atoms with Crippen molar-refractivity contribution in [3.8, 4) is 0 Å². The summed E-state index contributed by atoms with van der Waals surface area (Å²) in [5, 5.41) is 7.08. The van der Waals surface area contributed by atoms with Crippen molar-refractivity contribution in [1.29, 1.82) is 0 Å². The van der Waals surface area contributed by atoms with Gasteiger partial charge in [-0.25, -0.2) is 0 Å². The molecule has 0 radical (unpaired) electrons. The lowest BCUT2D eigenvalue weighted by molar-refractivity contribution is -0.134. The van der Waals surface area contributed by atoms with Gasteiger partial charge in [-0.05, 0) is 31.7 Å². The van der Waals surface area contributed by atoms with Crippen molar-refractivity contribution in [2.24, 2.45) is 5.41 Å². The zero-order valence-corrected chi connectivity index (χ0v) is 12.3. The number of hydrogen-bond acceptors (Lipinski definition) is 3. The summed E-state index contributed by atoms with van der Waals surface area (Å²) < 4.78 is 1.84. The standard InChI is InChI=1S/C15H22N4O2/c20-13(4-1-9-19-10-3-8-17-19)18-11-6-15(12-18)5-2-7-16-14(15)21/h3,8,10H,1-2,4-7,9,11-12H2,(H,16,21)/t15-/m1/s1. The number of nitrogens with zero attached hydrogens (tertiary/aromatic N) is 3. The second-order valence-corrected chi connectivity index (χ2v) is 6.08. The zero-order chi connectivity index (χ0) is 14.7. The molecule has 0 aliphatic carbocycles. The minimum atomic E-state index is -0.310. The molecule has 6 nitrogen and oxygen atoms in total. The summed E-state index contributed by atoms with van der Waals surface area (Å²) in [7, 11) is 0. The van der Waals surface area contributed by atoms with Crippen molar-refractivity contribution in [3.63, 3.8) is 0 Å². The molecule has 2 aliphatic rings. The van der Waals surface area contributed by atoms with E-state index in [4.69, 9.17) is 0 Å². The highest BCUT2D eigenvalue weighted by molar-refractivity contribution is 5.85. The highest BCUT2D eigenvalue weighted by atomic mass is 16.2. The van der Waals surface area contributed by atoms with E-state index in [1.165, 1.54) is 0 Å². The van der Waals surface area contributed by atoms with Gasteiger partial charge in [-0.15, -0.1) is 0 Å². The molecule has 1 atom stereocenters. The van der Waals surface area contributed by atoms with E-state index in [0.717, 1.165) is 38.8 Å². The monoisotopic (exact) mass is 290 g/mol. The van der Waals surface area contributed by atoms with Gasteiger partial charge in [0.25, 0.3) is 0 Å². The number of rotatable bonds is 4. The van der Waals surface area contributed by atoms with E-state index < -0.39 is 0 Å². The predicted octanol–water partition coefficient (Wildman–Crippen LogP) is 0.792. The van der Waals surface area contributed by atoms with Crippen LogP contribution in [0.2, 0.25) is 0 Å². The molecule has 1 spiro atoms. The maximum absolute atomic E-state index is 12.3. The van der Waals surface area contributed by atoms with Gasteiger partial charge in [0.1, 0.15) is 0 Å². The summed E-state index contributed by atoms with van der Waals surface area (Å²) in [4.78, 5) is 26.2. The van der Waals surface area contributed by atoms with Gasteiger partial charge < -0.3 is 10.2 Å². The minimum Gasteiger partial charge on any atom is -0.356 e. The van der Waals surface area contributed by atoms with Gasteiger partial charge >= 0.3 is 0 Å². The zero-order valence-electron chi connectivity index (χ0n) is 12.3. The largest absolute Gasteiger partial charge is 0.356 e. The minimum absolute atomic E-state index is 0.139. The lowest BCUT2D eigenvalue weighted by Crippen LogP contribution is -2.47. The number of nitrogens with one attached hydrogen (secondary N) is 1. The highest BCUT2D eigenvalue weighted by Crippen LogP contribution is 2.37. The molecule has 0 saturated carbocycles. The van der Waals surface area contributed by atoms with Gasteiger partial charge in [0.15, 0.2) is 0 Å². The van der Waals surface area contributed by atoms with Crippen molar-refractivity contribution >= 4 is 11.8 Å². The summed E-state index contributed by atoms with van der Waals surface area (Å²) >= 11 is 0. The highest BCUT2D eigenvalue weighted by Gasteiger charge is 2.46. The first-order valence-corrected chi connectivity index (χ1v) is 7.73. The van der Waals surface area contributed by atoms with Crippen LogP contribution in [0.3, 0.4) is 0 Å². The lowest BCUT2D eigenvalue weighted by Gasteiger charge is -2.32. The molecule has 2 saturated heterocycles. The Kier molecular flexibility index (Phi) is 3.94. The lowest BCUT2D eigenvalue weighted by atomic mass is 9.79. The first kappa shape index (κ1) is 14.1. The molecule has 6 heteroatoms. The Morgan fingerprint density at radius 1 is 1.43 bits per heavy atom. The molecule has 1 aromatic rings. The molecule has 0 bridgehead atoms. The first-order valence-electron chi connectivity index (χ1n) is 7.73. The SMILES string of the molecule is O=C(CCCn1cccn1)N1CC[C@]2(CCCNC2=O)C1. The van der Waals surface area contributed by atoms with Crippen LogP contribution in [0.25, 0.3) is 0 Å². The Bertz CT molecular complexity index is 514. The van der Waals surface area contributed by atoms with E-state index in [9.17, 15) is 9.59 Å². The van der Waals surface area contributed by atoms with Crippen LogP contribution in [-0.2, 0) is 16.1 Å². The van der Waals surface area contributed by atoms with Crippen molar-refractivity contribution in [2.75, 3.05) is 19.6 Å². The van der Waals surface area contributed by atoms with Crippen molar-refractivity contribution in [1.82, 2.24) is 20.0 Å². The third-order valence-electron chi connectivity index (χ3n) is 4.64. The first-order chi connectivity index (χ1) is 10.2. The molecule has 0 aromatic carbocycles. The number of carbonyl (C=O) groups excluding carboxylic acids is 2. The number of carbonyl (C=O) groups is 2. The third kappa shape index (κ3) is 2.94. The molecule has 2 aliphatic heterocycles. The quantitative estimate of drug-likeness (QED) is 0.891. The second-order valence-electron chi connectivity index (χ2n) is 6.08. The van der Waals surface area contributed by atoms with Gasteiger partial charge in [-0.1, -0.05) is 0 Å². The number of aryl methyl sites for hydroxylation is 1. The maximum Gasteiger partial charge on any atom is 0.228 e. The third-order valence-corrected chi connectivity index (χ3v) is 4.64. The van der Waals surface area contributed by atoms with Gasteiger partial charge in [0, 0.05) is 45.0 Å². The topological polar surface area (TPSA) is 67.2 Å². The molecule has 2 amide bonds. The van der Waals surface area contributed by atoms with Crippen LogP contribution in [-0.4, -0.2) is 46.1 Å². The number of likely N-dealkylation sites (tertiary alicyclic amines) is 1. The van der Waals surface area contributed by atoms with Gasteiger partial charge in [0.2, 0.25) is 11.8 Å². The predicted molar refractivity (Wildman–Crippen MR) is 77.3 cm³/mol. The van der Waals surface area contributed by atoms with E-state index in [2.05, 4.69) is 10.4 Å². The van der Waals surface area contributed by atoms with Gasteiger partial charge in [-0.3, -0.25) is 14.3 Å². The Hall–Kier alpha value is -1.85. The van der Waals surface area contributed by atoms with Crippen molar-refractivity contribution in [3.05, 3.63) is 18.5 Å². The molecule has 114 valence electrons. The summed E-state index contributed by atoms with van der Waals surface area (Å²) in [6, 6.07) is 1.88. The second kappa shape index (κ2) is 5.87. The summed E-state index contributed by atoms with van der Waals surface area (Å²) in [6.07, 6.45) is 7.70. The maximum atomic E-state index is 12.3. The van der Waals surface area contributed by atoms with Crippen molar-refractivity contribution < 1.29 is 9.59 Å². The van der Waals surface area contributed by atoms with Crippen LogP contribution in [0.1, 0.15) is 32.1 Å².